The SMILES string of the molecule is CNc1nc(Cl)nc2c1CCC2c1ccc(OCF)cc1F. The lowest BCUT2D eigenvalue weighted by atomic mass is 9.96. The van der Waals surface area contributed by atoms with E-state index in [2.05, 4.69) is 20.0 Å². The van der Waals surface area contributed by atoms with Crippen molar-refractivity contribution in [3.63, 3.8) is 0 Å². The number of ether oxygens (including phenoxy) is 1. The fourth-order valence-corrected chi connectivity index (χ4v) is 3.06. The van der Waals surface area contributed by atoms with E-state index in [1.54, 1.807) is 19.2 Å². The second-order valence-corrected chi connectivity index (χ2v) is 5.32. The summed E-state index contributed by atoms with van der Waals surface area (Å²) in [6.45, 7) is -0.987. The van der Waals surface area contributed by atoms with Crippen LogP contribution in [0.1, 0.15) is 29.2 Å². The highest BCUT2D eigenvalue weighted by molar-refractivity contribution is 6.28. The molecule has 2 aromatic rings. The first-order chi connectivity index (χ1) is 10.6. The average Bonchev–Trinajstić information content (AvgIpc) is 2.90. The molecule has 0 fully saturated rings. The maximum atomic E-state index is 14.3. The zero-order valence-corrected chi connectivity index (χ0v) is 12.6. The van der Waals surface area contributed by atoms with Crippen molar-refractivity contribution in [3.05, 3.63) is 46.1 Å². The van der Waals surface area contributed by atoms with Crippen molar-refractivity contribution in [2.24, 2.45) is 0 Å². The molecule has 1 aliphatic rings. The highest BCUT2D eigenvalue weighted by Gasteiger charge is 2.30. The van der Waals surface area contributed by atoms with Gasteiger partial charge >= 0.3 is 0 Å². The van der Waals surface area contributed by atoms with Gasteiger partial charge in [0.25, 0.3) is 0 Å². The van der Waals surface area contributed by atoms with Crippen molar-refractivity contribution in [3.8, 4) is 5.75 Å². The smallest absolute Gasteiger partial charge is 0.228 e. The van der Waals surface area contributed by atoms with Gasteiger partial charge in [-0.15, -0.1) is 0 Å². The molecule has 1 atom stereocenters. The summed E-state index contributed by atoms with van der Waals surface area (Å²) >= 11 is 5.95. The molecule has 4 nitrogen and oxygen atoms in total. The Labute approximate surface area is 131 Å². The number of rotatable bonds is 4. The third-order valence-corrected chi connectivity index (χ3v) is 4.00. The minimum absolute atomic E-state index is 0.132. The molecule has 1 aromatic heterocycles. The van der Waals surface area contributed by atoms with Crippen LogP contribution in [-0.4, -0.2) is 23.9 Å². The molecule has 0 saturated carbocycles. The van der Waals surface area contributed by atoms with Crippen molar-refractivity contribution < 1.29 is 13.5 Å². The number of nitrogens with zero attached hydrogens (tertiary/aromatic N) is 2. The van der Waals surface area contributed by atoms with Gasteiger partial charge in [-0.25, -0.2) is 18.7 Å². The third kappa shape index (κ3) is 2.59. The maximum absolute atomic E-state index is 14.3. The van der Waals surface area contributed by atoms with Crippen LogP contribution < -0.4 is 10.1 Å². The Kier molecular flexibility index (Phi) is 4.11. The summed E-state index contributed by atoms with van der Waals surface area (Å²) < 4.78 is 31.1. The Hall–Kier alpha value is -1.95. The molecule has 22 heavy (non-hydrogen) atoms. The summed E-state index contributed by atoms with van der Waals surface area (Å²) in [7, 11) is 1.76. The number of hydrogen-bond donors (Lipinski definition) is 1. The number of aromatic nitrogens is 2. The first kappa shape index (κ1) is 15.0. The molecule has 1 aromatic carbocycles. The lowest BCUT2D eigenvalue weighted by Crippen LogP contribution is -2.06. The fraction of sp³-hybridized carbons (Fsp3) is 0.333. The van der Waals surface area contributed by atoms with E-state index < -0.39 is 12.7 Å². The van der Waals surface area contributed by atoms with E-state index in [-0.39, 0.29) is 17.0 Å². The van der Waals surface area contributed by atoms with Crippen LogP contribution in [0.2, 0.25) is 5.28 Å². The molecule has 0 saturated heterocycles. The van der Waals surface area contributed by atoms with Crippen LogP contribution in [-0.2, 0) is 6.42 Å². The van der Waals surface area contributed by atoms with E-state index >= 15 is 0 Å². The molecule has 0 bridgehead atoms. The molecular formula is C15H14ClF2N3O. The van der Waals surface area contributed by atoms with Crippen LogP contribution in [0.25, 0.3) is 0 Å². The molecule has 3 rings (SSSR count). The van der Waals surface area contributed by atoms with Crippen molar-refractivity contribution >= 4 is 17.4 Å². The van der Waals surface area contributed by atoms with E-state index in [9.17, 15) is 8.78 Å². The van der Waals surface area contributed by atoms with Gasteiger partial charge in [-0.2, -0.15) is 0 Å². The predicted molar refractivity (Wildman–Crippen MR) is 79.8 cm³/mol. The van der Waals surface area contributed by atoms with Gasteiger partial charge in [0.1, 0.15) is 17.4 Å². The Balaban J connectivity index is 2.01. The van der Waals surface area contributed by atoms with Gasteiger partial charge in [-0.1, -0.05) is 6.07 Å². The fourth-order valence-electron chi connectivity index (χ4n) is 2.89. The number of benzene rings is 1. The van der Waals surface area contributed by atoms with Crippen molar-refractivity contribution in [1.29, 1.82) is 0 Å². The largest absolute Gasteiger partial charge is 0.463 e. The van der Waals surface area contributed by atoms with E-state index in [0.717, 1.165) is 24.1 Å². The second-order valence-electron chi connectivity index (χ2n) is 4.98. The van der Waals surface area contributed by atoms with Gasteiger partial charge in [0.05, 0.1) is 5.69 Å². The van der Waals surface area contributed by atoms with Crippen molar-refractivity contribution in [2.45, 2.75) is 18.8 Å². The minimum atomic E-state index is -0.987. The molecule has 0 amide bonds. The number of alkyl halides is 1. The number of nitrogens with one attached hydrogen (secondary N) is 1. The Morgan fingerprint density at radius 2 is 2.23 bits per heavy atom. The van der Waals surface area contributed by atoms with Gasteiger partial charge in [-0.3, -0.25) is 0 Å². The van der Waals surface area contributed by atoms with Gasteiger partial charge in [-0.05, 0) is 36.1 Å². The van der Waals surface area contributed by atoms with Crippen molar-refractivity contribution in [1.82, 2.24) is 9.97 Å². The van der Waals surface area contributed by atoms with Crippen LogP contribution in [0.5, 0.6) is 5.75 Å². The quantitative estimate of drug-likeness (QED) is 0.871. The summed E-state index contributed by atoms with van der Waals surface area (Å²) in [6, 6.07) is 4.35. The summed E-state index contributed by atoms with van der Waals surface area (Å²) in [5.41, 5.74) is 2.20. The number of anilines is 1. The normalized spacial score (nSPS) is 16.5. The Morgan fingerprint density at radius 1 is 1.41 bits per heavy atom. The van der Waals surface area contributed by atoms with E-state index in [1.165, 1.54) is 6.07 Å². The van der Waals surface area contributed by atoms with Crippen LogP contribution in [0.4, 0.5) is 14.6 Å². The standard InChI is InChI=1S/C15H14ClF2N3O/c1-19-14-11-5-4-10(13(11)20-15(16)21-14)9-3-2-8(22-7-17)6-12(9)18/h2-3,6,10H,4-5,7H2,1H3,(H,19,20,21). The highest BCUT2D eigenvalue weighted by atomic mass is 35.5. The number of hydrogen-bond acceptors (Lipinski definition) is 4. The molecule has 1 unspecified atom stereocenters. The molecule has 1 aliphatic carbocycles. The molecule has 1 N–H and O–H groups in total. The Bertz CT molecular complexity index is 711. The molecule has 0 radical (unpaired) electrons. The monoisotopic (exact) mass is 325 g/mol. The molecule has 0 aliphatic heterocycles. The zero-order valence-electron chi connectivity index (χ0n) is 11.9. The zero-order chi connectivity index (χ0) is 15.7. The van der Waals surface area contributed by atoms with Crippen LogP contribution in [0.3, 0.4) is 0 Å². The minimum Gasteiger partial charge on any atom is -0.463 e. The maximum Gasteiger partial charge on any atom is 0.228 e. The van der Waals surface area contributed by atoms with E-state index in [4.69, 9.17) is 11.6 Å². The van der Waals surface area contributed by atoms with Gasteiger partial charge in [0.15, 0.2) is 0 Å². The average molecular weight is 326 g/mol. The number of halogens is 3. The van der Waals surface area contributed by atoms with E-state index in [1.807, 2.05) is 0 Å². The van der Waals surface area contributed by atoms with Crippen LogP contribution in [0, 0.1) is 5.82 Å². The molecule has 1 heterocycles. The van der Waals surface area contributed by atoms with Crippen LogP contribution in [0.15, 0.2) is 18.2 Å². The molecule has 0 spiro atoms. The Morgan fingerprint density at radius 3 is 2.91 bits per heavy atom. The third-order valence-electron chi connectivity index (χ3n) is 3.83. The predicted octanol–water partition coefficient (Wildman–Crippen LogP) is 3.69. The molecular weight excluding hydrogens is 312 g/mol. The lowest BCUT2D eigenvalue weighted by molar-refractivity contribution is 0.191. The van der Waals surface area contributed by atoms with Crippen LogP contribution >= 0.6 is 11.6 Å². The molecule has 116 valence electrons. The van der Waals surface area contributed by atoms with Gasteiger partial charge in [0, 0.05) is 24.6 Å². The lowest BCUT2D eigenvalue weighted by Gasteiger charge is -2.14. The first-order valence-corrected chi connectivity index (χ1v) is 7.24. The molecule has 7 heteroatoms. The highest BCUT2D eigenvalue weighted by Crippen LogP contribution is 2.41. The number of fused-ring (bicyclic) bond motifs is 1. The van der Waals surface area contributed by atoms with Gasteiger partial charge in [0.2, 0.25) is 12.1 Å². The van der Waals surface area contributed by atoms with E-state index in [0.29, 0.717) is 11.4 Å². The summed E-state index contributed by atoms with van der Waals surface area (Å²) in [5.74, 6) is 0.209. The second kappa shape index (κ2) is 6.04. The summed E-state index contributed by atoms with van der Waals surface area (Å²) in [4.78, 5) is 8.42. The summed E-state index contributed by atoms with van der Waals surface area (Å²) in [5, 5.41) is 3.12. The van der Waals surface area contributed by atoms with Gasteiger partial charge < -0.3 is 10.1 Å². The summed E-state index contributed by atoms with van der Waals surface area (Å²) in [6.07, 6.45) is 1.47. The van der Waals surface area contributed by atoms with Crippen molar-refractivity contribution in [2.75, 3.05) is 19.2 Å². The topological polar surface area (TPSA) is 47.0 Å². The first-order valence-electron chi connectivity index (χ1n) is 6.86.